The van der Waals surface area contributed by atoms with Gasteiger partial charge < -0.3 is 14.6 Å². The van der Waals surface area contributed by atoms with Gasteiger partial charge in [0, 0.05) is 18.6 Å². The molecular weight excluding hydrogens is 310 g/mol. The van der Waals surface area contributed by atoms with Crippen LogP contribution in [0.3, 0.4) is 0 Å². The predicted molar refractivity (Wildman–Crippen MR) is 89.4 cm³/mol. The Labute approximate surface area is 139 Å². The number of carbonyl (C=O) groups excluding carboxylic acids is 1. The van der Waals surface area contributed by atoms with E-state index >= 15 is 0 Å². The minimum Gasteiger partial charge on any atom is -0.440 e. The summed E-state index contributed by atoms with van der Waals surface area (Å²) in [7, 11) is 0. The van der Waals surface area contributed by atoms with Crippen molar-refractivity contribution in [1.82, 2.24) is 15.2 Å². The normalized spacial score (nSPS) is 24.0. The first-order valence-corrected chi connectivity index (χ1v) is 9.12. The lowest BCUT2D eigenvalue weighted by molar-refractivity contribution is -0.133. The molecule has 1 N–H and O–H groups in total. The maximum absolute atomic E-state index is 12.8. The molecule has 2 aromatic heterocycles. The Balaban J connectivity index is 1.53. The molecule has 2 atom stereocenters. The van der Waals surface area contributed by atoms with Crippen LogP contribution in [0.1, 0.15) is 30.7 Å². The second kappa shape index (κ2) is 6.09. The van der Waals surface area contributed by atoms with Gasteiger partial charge in [0.1, 0.15) is 5.76 Å². The molecule has 6 heteroatoms. The van der Waals surface area contributed by atoms with Crippen molar-refractivity contribution in [3.05, 3.63) is 29.0 Å². The lowest BCUT2D eigenvalue weighted by Gasteiger charge is -2.27. The first kappa shape index (κ1) is 14.9. The summed E-state index contributed by atoms with van der Waals surface area (Å²) in [6, 6.07) is 4.71. The lowest BCUT2D eigenvalue weighted by Crippen LogP contribution is -2.43. The zero-order chi connectivity index (χ0) is 15.8. The molecule has 4 heterocycles. The molecule has 2 fully saturated rings. The maximum atomic E-state index is 12.8. The number of thiophene rings is 1. The van der Waals surface area contributed by atoms with Gasteiger partial charge in [-0.25, -0.2) is 4.98 Å². The van der Waals surface area contributed by atoms with E-state index in [1.807, 2.05) is 24.4 Å². The Morgan fingerprint density at radius 2 is 2.30 bits per heavy atom. The van der Waals surface area contributed by atoms with Crippen LogP contribution < -0.4 is 5.32 Å². The number of aromatic nitrogens is 1. The van der Waals surface area contributed by atoms with Crippen molar-refractivity contribution in [3.63, 3.8) is 0 Å². The SMILES string of the molecule is Cc1oc(-c2cccs2)nc1CC(=O)N1C2CCNCC1CC2. The number of carbonyl (C=O) groups is 1. The number of nitrogens with zero attached hydrogens (tertiary/aromatic N) is 2. The zero-order valence-electron chi connectivity index (χ0n) is 13.2. The van der Waals surface area contributed by atoms with Crippen molar-refractivity contribution in [2.75, 3.05) is 13.1 Å². The van der Waals surface area contributed by atoms with Crippen molar-refractivity contribution >= 4 is 17.2 Å². The van der Waals surface area contributed by atoms with Gasteiger partial charge in [0.25, 0.3) is 0 Å². The highest BCUT2D eigenvalue weighted by Crippen LogP contribution is 2.30. The van der Waals surface area contributed by atoms with Gasteiger partial charge in [0.05, 0.1) is 17.0 Å². The second-order valence-electron chi connectivity index (χ2n) is 6.35. The summed E-state index contributed by atoms with van der Waals surface area (Å²) in [5.41, 5.74) is 0.773. The topological polar surface area (TPSA) is 58.4 Å². The predicted octanol–water partition coefficient (Wildman–Crippen LogP) is 2.61. The van der Waals surface area contributed by atoms with Crippen LogP contribution in [-0.2, 0) is 11.2 Å². The van der Waals surface area contributed by atoms with E-state index in [0.717, 1.165) is 48.7 Å². The van der Waals surface area contributed by atoms with Gasteiger partial charge in [-0.2, -0.15) is 0 Å². The zero-order valence-corrected chi connectivity index (χ0v) is 14.1. The van der Waals surface area contributed by atoms with Gasteiger partial charge >= 0.3 is 0 Å². The van der Waals surface area contributed by atoms with Crippen molar-refractivity contribution < 1.29 is 9.21 Å². The van der Waals surface area contributed by atoms with E-state index in [1.54, 1.807) is 11.3 Å². The third kappa shape index (κ3) is 2.81. The van der Waals surface area contributed by atoms with Gasteiger partial charge in [0.15, 0.2) is 0 Å². The molecule has 4 rings (SSSR count). The Morgan fingerprint density at radius 1 is 1.43 bits per heavy atom. The van der Waals surface area contributed by atoms with Crippen LogP contribution in [0.4, 0.5) is 0 Å². The van der Waals surface area contributed by atoms with Crippen LogP contribution in [0, 0.1) is 6.92 Å². The fraction of sp³-hybridized carbons (Fsp3) is 0.529. The highest BCUT2D eigenvalue weighted by Gasteiger charge is 2.38. The Hall–Kier alpha value is -1.66. The van der Waals surface area contributed by atoms with Crippen LogP contribution in [0.5, 0.6) is 0 Å². The summed E-state index contributed by atoms with van der Waals surface area (Å²) in [5.74, 6) is 1.57. The molecule has 2 aromatic rings. The first-order valence-electron chi connectivity index (χ1n) is 8.24. The van der Waals surface area contributed by atoms with E-state index < -0.39 is 0 Å². The second-order valence-corrected chi connectivity index (χ2v) is 7.30. The Bertz CT molecular complexity index is 681. The molecule has 1 amide bonds. The van der Waals surface area contributed by atoms with Gasteiger partial charge in [-0.05, 0) is 44.2 Å². The summed E-state index contributed by atoms with van der Waals surface area (Å²) < 4.78 is 5.76. The van der Waals surface area contributed by atoms with Crippen LogP contribution in [0.15, 0.2) is 21.9 Å². The molecule has 0 spiro atoms. The monoisotopic (exact) mass is 331 g/mol. The third-order valence-corrected chi connectivity index (χ3v) is 5.74. The van der Waals surface area contributed by atoms with E-state index in [9.17, 15) is 4.79 Å². The molecule has 2 aliphatic heterocycles. The average molecular weight is 331 g/mol. The molecule has 0 saturated carbocycles. The van der Waals surface area contributed by atoms with Gasteiger partial charge in [0.2, 0.25) is 11.8 Å². The van der Waals surface area contributed by atoms with E-state index in [0.29, 0.717) is 24.4 Å². The number of rotatable bonds is 3. The highest BCUT2D eigenvalue weighted by molar-refractivity contribution is 7.13. The summed E-state index contributed by atoms with van der Waals surface area (Å²) in [6.45, 7) is 3.82. The number of oxazole rings is 1. The van der Waals surface area contributed by atoms with Crippen molar-refractivity contribution in [2.45, 2.75) is 44.7 Å². The standard InChI is InChI=1S/C17H21N3O2S/c1-11-14(19-17(22-11)15-3-2-8-23-15)9-16(21)20-12-4-5-13(20)10-18-7-6-12/h2-3,8,12-13,18H,4-7,9-10H2,1H3. The first-order chi connectivity index (χ1) is 11.2. The van der Waals surface area contributed by atoms with Crippen LogP contribution in [0.2, 0.25) is 0 Å². The van der Waals surface area contributed by atoms with Crippen LogP contribution in [-0.4, -0.2) is 41.0 Å². The summed E-state index contributed by atoms with van der Waals surface area (Å²) in [4.78, 5) is 20.5. The number of hydrogen-bond donors (Lipinski definition) is 1. The van der Waals surface area contributed by atoms with Crippen LogP contribution >= 0.6 is 11.3 Å². The van der Waals surface area contributed by atoms with E-state index in [-0.39, 0.29) is 5.91 Å². The smallest absolute Gasteiger partial charge is 0.236 e. The number of hydrogen-bond acceptors (Lipinski definition) is 5. The Morgan fingerprint density at radius 3 is 3.13 bits per heavy atom. The number of aryl methyl sites for hydroxylation is 1. The van der Waals surface area contributed by atoms with E-state index in [1.165, 1.54) is 0 Å². The maximum Gasteiger partial charge on any atom is 0.236 e. The fourth-order valence-corrected chi connectivity index (χ4v) is 4.37. The van der Waals surface area contributed by atoms with Crippen molar-refractivity contribution in [1.29, 1.82) is 0 Å². The minimum absolute atomic E-state index is 0.190. The number of fused-ring (bicyclic) bond motifs is 2. The molecule has 122 valence electrons. The molecule has 0 aromatic carbocycles. The summed E-state index contributed by atoms with van der Waals surface area (Å²) >= 11 is 1.60. The summed E-state index contributed by atoms with van der Waals surface area (Å²) in [6.07, 6.45) is 3.65. The average Bonchev–Trinajstić information content (AvgIpc) is 3.19. The molecule has 0 radical (unpaired) electrons. The molecule has 5 nitrogen and oxygen atoms in total. The fourth-order valence-electron chi connectivity index (χ4n) is 3.72. The van der Waals surface area contributed by atoms with Gasteiger partial charge in [-0.1, -0.05) is 6.07 Å². The molecule has 0 aliphatic carbocycles. The highest BCUT2D eigenvalue weighted by atomic mass is 32.1. The van der Waals surface area contributed by atoms with Crippen molar-refractivity contribution in [3.8, 4) is 10.8 Å². The largest absolute Gasteiger partial charge is 0.440 e. The summed E-state index contributed by atoms with van der Waals surface area (Å²) in [5, 5.41) is 5.44. The van der Waals surface area contributed by atoms with E-state index in [2.05, 4.69) is 15.2 Å². The minimum atomic E-state index is 0.190. The molecular formula is C17H21N3O2S. The van der Waals surface area contributed by atoms with Crippen LogP contribution in [0.25, 0.3) is 10.8 Å². The lowest BCUT2D eigenvalue weighted by atomic mass is 10.1. The number of nitrogens with one attached hydrogen (secondary N) is 1. The molecule has 2 bridgehead atoms. The molecule has 23 heavy (non-hydrogen) atoms. The van der Waals surface area contributed by atoms with Crippen molar-refractivity contribution in [2.24, 2.45) is 0 Å². The molecule has 2 unspecified atom stereocenters. The molecule has 2 saturated heterocycles. The third-order valence-electron chi connectivity index (χ3n) is 4.89. The Kier molecular flexibility index (Phi) is 3.95. The molecule has 2 aliphatic rings. The van der Waals surface area contributed by atoms with Gasteiger partial charge in [-0.15, -0.1) is 11.3 Å². The van der Waals surface area contributed by atoms with E-state index in [4.69, 9.17) is 4.42 Å². The quantitative estimate of drug-likeness (QED) is 0.939. The van der Waals surface area contributed by atoms with Gasteiger partial charge in [-0.3, -0.25) is 4.79 Å². The number of amides is 1.